The highest BCUT2D eigenvalue weighted by Gasteiger charge is 2.38. The van der Waals surface area contributed by atoms with Crippen LogP contribution in [0.3, 0.4) is 0 Å². The Hall–Kier alpha value is -4.71. The number of ketones is 1. The van der Waals surface area contributed by atoms with Gasteiger partial charge in [-0.1, -0.05) is 48.5 Å². The number of esters is 2. The number of hydrogen-bond donors (Lipinski definition) is 1. The summed E-state index contributed by atoms with van der Waals surface area (Å²) in [5.74, 6) is -1.36. The lowest BCUT2D eigenvalue weighted by Crippen LogP contribution is -2.04. The minimum Gasteiger partial charge on any atom is -0.386 e. The summed E-state index contributed by atoms with van der Waals surface area (Å²) in [5, 5.41) is 2.93. The molecule has 0 atom stereocenters. The number of cyclic esters (lactones) is 2. The van der Waals surface area contributed by atoms with E-state index < -0.39 is 11.9 Å². The maximum Gasteiger partial charge on any atom is 0.347 e. The largest absolute Gasteiger partial charge is 0.386 e. The highest BCUT2D eigenvalue weighted by atomic mass is 16.6. The maximum atomic E-state index is 13.0. The van der Waals surface area contributed by atoms with Gasteiger partial charge in [0.1, 0.15) is 0 Å². The van der Waals surface area contributed by atoms with Gasteiger partial charge in [-0.3, -0.25) is 4.79 Å². The van der Waals surface area contributed by atoms with Crippen molar-refractivity contribution in [2.24, 2.45) is 0 Å². The molecule has 1 N–H and O–H groups in total. The van der Waals surface area contributed by atoms with Crippen LogP contribution in [0.1, 0.15) is 38.0 Å². The van der Waals surface area contributed by atoms with E-state index in [0.29, 0.717) is 22.0 Å². The average molecular weight is 444 g/mol. The number of para-hydroxylation sites is 3. The van der Waals surface area contributed by atoms with Crippen LogP contribution < -0.4 is 0 Å². The Morgan fingerprint density at radius 2 is 1.44 bits per heavy atom. The number of hydrogen-bond acceptors (Lipinski definition) is 4. The third kappa shape index (κ3) is 2.21. The van der Waals surface area contributed by atoms with Crippen LogP contribution in [0.4, 0.5) is 0 Å². The lowest BCUT2D eigenvalue weighted by Gasteiger charge is -2.12. The van der Waals surface area contributed by atoms with Crippen molar-refractivity contribution in [3.63, 3.8) is 0 Å². The number of fused-ring (bicyclic) bond motifs is 10. The lowest BCUT2D eigenvalue weighted by atomic mass is 9.96. The molecular weight excluding hydrogens is 428 g/mol. The van der Waals surface area contributed by atoms with Crippen molar-refractivity contribution in [3.05, 3.63) is 89.5 Å². The first-order valence-electron chi connectivity index (χ1n) is 10.9. The molecule has 6 aromatic rings. The molecule has 7 rings (SSSR count). The zero-order valence-corrected chi connectivity index (χ0v) is 18.0. The van der Waals surface area contributed by atoms with Crippen molar-refractivity contribution in [2.45, 2.75) is 6.92 Å². The van der Waals surface area contributed by atoms with Gasteiger partial charge in [0.15, 0.2) is 5.78 Å². The van der Waals surface area contributed by atoms with Gasteiger partial charge in [-0.15, -0.1) is 0 Å². The fourth-order valence-corrected chi connectivity index (χ4v) is 5.37. The van der Waals surface area contributed by atoms with E-state index in [0.717, 1.165) is 32.8 Å². The fraction of sp³-hybridized carbons (Fsp3) is 0.0357. The predicted octanol–water partition coefficient (Wildman–Crippen LogP) is 5.93. The first-order valence-corrected chi connectivity index (χ1v) is 10.9. The average Bonchev–Trinajstić information content (AvgIpc) is 3.48. The van der Waals surface area contributed by atoms with E-state index in [9.17, 15) is 14.4 Å². The summed E-state index contributed by atoms with van der Waals surface area (Å²) in [6.07, 6.45) is 0. The molecule has 6 heteroatoms. The first kappa shape index (κ1) is 18.8. The predicted molar refractivity (Wildman–Crippen MR) is 130 cm³/mol. The molecule has 4 aromatic carbocycles. The number of nitrogens with one attached hydrogen (secondary N) is 1. The number of Topliss-reactive ketones (excluding diaryl/α,β-unsaturated/α-hetero) is 1. The van der Waals surface area contributed by atoms with Crippen LogP contribution in [0.2, 0.25) is 0 Å². The number of H-pyrrole nitrogens is 1. The number of carbonyl (C=O) groups is 3. The molecule has 0 bridgehead atoms. The second-order valence-corrected chi connectivity index (χ2v) is 8.50. The van der Waals surface area contributed by atoms with Crippen molar-refractivity contribution in [1.82, 2.24) is 9.55 Å². The summed E-state index contributed by atoms with van der Waals surface area (Å²) in [7, 11) is 0. The molecule has 0 unspecified atom stereocenters. The van der Waals surface area contributed by atoms with Gasteiger partial charge in [-0.25, -0.2) is 9.59 Å². The van der Waals surface area contributed by atoms with Gasteiger partial charge in [-0.2, -0.15) is 0 Å². The number of aromatic amines is 1. The Morgan fingerprint density at radius 3 is 2.24 bits per heavy atom. The summed E-state index contributed by atoms with van der Waals surface area (Å²) in [6, 6.07) is 22.8. The summed E-state index contributed by atoms with van der Waals surface area (Å²) in [4.78, 5) is 42.0. The zero-order chi connectivity index (χ0) is 23.1. The smallest absolute Gasteiger partial charge is 0.347 e. The number of carbonyl (C=O) groups excluding carboxylic acids is 3. The maximum absolute atomic E-state index is 13.0. The monoisotopic (exact) mass is 444 g/mol. The third-order valence-corrected chi connectivity index (χ3v) is 6.69. The molecule has 2 aromatic heterocycles. The normalized spacial score (nSPS) is 13.3. The molecular formula is C28H16N2O4. The summed E-state index contributed by atoms with van der Waals surface area (Å²) in [5.41, 5.74) is 4.94. The van der Waals surface area contributed by atoms with E-state index in [1.165, 1.54) is 0 Å². The third-order valence-electron chi connectivity index (χ3n) is 6.69. The molecule has 1 aliphatic heterocycles. The molecule has 162 valence electrons. The molecule has 0 aliphatic carbocycles. The van der Waals surface area contributed by atoms with Crippen molar-refractivity contribution >= 4 is 61.3 Å². The van der Waals surface area contributed by atoms with E-state index in [4.69, 9.17) is 4.74 Å². The quantitative estimate of drug-likeness (QED) is 0.204. The number of aromatic nitrogens is 2. The second kappa shape index (κ2) is 6.42. The van der Waals surface area contributed by atoms with Gasteiger partial charge in [0, 0.05) is 32.6 Å². The Labute approximate surface area is 192 Å². The van der Waals surface area contributed by atoms with Gasteiger partial charge in [0.05, 0.1) is 33.4 Å². The van der Waals surface area contributed by atoms with Crippen molar-refractivity contribution in [2.75, 3.05) is 0 Å². The van der Waals surface area contributed by atoms with E-state index in [1.54, 1.807) is 13.0 Å². The van der Waals surface area contributed by atoms with Crippen LogP contribution in [0.15, 0.2) is 72.8 Å². The zero-order valence-electron chi connectivity index (χ0n) is 18.0. The molecule has 1 aliphatic rings. The van der Waals surface area contributed by atoms with Crippen molar-refractivity contribution in [3.8, 4) is 5.69 Å². The van der Waals surface area contributed by atoms with Gasteiger partial charge >= 0.3 is 11.9 Å². The van der Waals surface area contributed by atoms with Crippen LogP contribution in [-0.2, 0) is 4.74 Å². The van der Waals surface area contributed by atoms with Gasteiger partial charge in [-0.05, 0) is 31.2 Å². The minimum absolute atomic E-state index is 0.0647. The molecule has 0 fully saturated rings. The van der Waals surface area contributed by atoms with Gasteiger partial charge in [0.2, 0.25) is 0 Å². The number of ether oxygens (including phenoxy) is 1. The van der Waals surface area contributed by atoms with Crippen molar-refractivity contribution in [1.29, 1.82) is 0 Å². The lowest BCUT2D eigenvalue weighted by molar-refractivity contribution is 0.0445. The van der Waals surface area contributed by atoms with Gasteiger partial charge in [0.25, 0.3) is 0 Å². The number of nitrogens with zero attached hydrogens (tertiary/aromatic N) is 1. The van der Waals surface area contributed by atoms with Crippen LogP contribution in [0.5, 0.6) is 0 Å². The highest BCUT2D eigenvalue weighted by molar-refractivity contribution is 6.37. The summed E-state index contributed by atoms with van der Waals surface area (Å²) in [6.45, 7) is 1.54. The van der Waals surface area contributed by atoms with Crippen LogP contribution >= 0.6 is 0 Å². The first-order chi connectivity index (χ1) is 16.6. The molecule has 0 saturated carbocycles. The molecule has 6 nitrogen and oxygen atoms in total. The molecule has 0 amide bonds. The van der Waals surface area contributed by atoms with E-state index in [-0.39, 0.29) is 16.9 Å². The molecule has 0 saturated heterocycles. The molecule has 0 spiro atoms. The van der Waals surface area contributed by atoms with Crippen LogP contribution in [0, 0.1) is 0 Å². The SMILES string of the molecule is CC(=O)c1ccccc1-n1c2ccccc2c2c3c(c4c5ccccc5[nH]c4c21)C(=O)OC3=O. The molecule has 3 heterocycles. The van der Waals surface area contributed by atoms with Crippen molar-refractivity contribution < 1.29 is 19.1 Å². The summed E-state index contributed by atoms with van der Waals surface area (Å²) < 4.78 is 7.15. The Bertz CT molecular complexity index is 1900. The topological polar surface area (TPSA) is 81.2 Å². The van der Waals surface area contributed by atoms with Crippen LogP contribution in [0.25, 0.3) is 49.3 Å². The van der Waals surface area contributed by atoms with Gasteiger partial charge < -0.3 is 14.3 Å². The Kier molecular flexibility index (Phi) is 3.55. The van der Waals surface area contributed by atoms with E-state index >= 15 is 0 Å². The van der Waals surface area contributed by atoms with Crippen LogP contribution in [-0.4, -0.2) is 27.3 Å². The number of rotatable bonds is 2. The second-order valence-electron chi connectivity index (χ2n) is 8.50. The van der Waals surface area contributed by atoms with E-state index in [1.807, 2.05) is 71.3 Å². The van der Waals surface area contributed by atoms with E-state index in [2.05, 4.69) is 4.98 Å². The highest BCUT2D eigenvalue weighted by Crippen LogP contribution is 2.45. The molecule has 0 radical (unpaired) electrons. The number of benzene rings is 4. The molecule has 34 heavy (non-hydrogen) atoms. The Balaban J connectivity index is 1.85. The summed E-state index contributed by atoms with van der Waals surface area (Å²) >= 11 is 0. The Morgan fingerprint density at radius 1 is 0.794 bits per heavy atom. The fourth-order valence-electron chi connectivity index (χ4n) is 5.37. The standard InChI is InChI=1S/C28H16N2O4/c1-14(31)15-8-3-6-12-19(15)30-20-13-7-4-10-17(20)22-24-23(27(32)34-28(24)33)21-16-9-2-5-11-18(16)29-25(21)26(22)30/h2-13,29H,1H3. The minimum atomic E-state index is -0.653.